The maximum Gasteiger partial charge on any atom is 0.345 e. The van der Waals surface area contributed by atoms with Crippen LogP contribution in [0.5, 0.6) is 11.5 Å². The predicted octanol–water partition coefficient (Wildman–Crippen LogP) is 3.77. The maximum absolute atomic E-state index is 13.7. The van der Waals surface area contributed by atoms with E-state index in [9.17, 15) is 17.2 Å². The molecule has 122 valence electrons. The van der Waals surface area contributed by atoms with Crippen LogP contribution in [0, 0.1) is 11.6 Å². The summed E-state index contributed by atoms with van der Waals surface area (Å²) in [5.41, 5.74) is 0.756. The van der Waals surface area contributed by atoms with Crippen LogP contribution in [0.4, 0.5) is 8.78 Å². The summed E-state index contributed by atoms with van der Waals surface area (Å²) in [6.45, 7) is 1.82. The fourth-order valence-electron chi connectivity index (χ4n) is 1.93. The van der Waals surface area contributed by atoms with Crippen molar-refractivity contribution in [3.8, 4) is 11.5 Å². The first-order chi connectivity index (χ1) is 10.9. The largest absolute Gasteiger partial charge is 0.493 e. The van der Waals surface area contributed by atoms with E-state index in [4.69, 9.17) is 8.92 Å². The molecular weight excluding hydrogens is 326 g/mol. The molecule has 0 aromatic heterocycles. The van der Waals surface area contributed by atoms with Crippen molar-refractivity contribution >= 4 is 16.2 Å². The molecule has 0 saturated heterocycles. The van der Waals surface area contributed by atoms with E-state index >= 15 is 0 Å². The minimum Gasteiger partial charge on any atom is -0.493 e. The van der Waals surface area contributed by atoms with Gasteiger partial charge in [0.1, 0.15) is 11.6 Å². The molecule has 7 heteroatoms. The van der Waals surface area contributed by atoms with Crippen molar-refractivity contribution in [2.75, 3.05) is 7.11 Å². The topological polar surface area (TPSA) is 52.6 Å². The van der Waals surface area contributed by atoms with Crippen LogP contribution in [-0.4, -0.2) is 15.5 Å². The molecule has 4 nitrogen and oxygen atoms in total. The molecule has 23 heavy (non-hydrogen) atoms. The average Bonchev–Trinajstić information content (AvgIpc) is 2.48. The van der Waals surface area contributed by atoms with Gasteiger partial charge in [-0.15, -0.1) is 0 Å². The average molecular weight is 340 g/mol. The zero-order chi connectivity index (χ0) is 17.0. The number of methoxy groups -OCH3 is 1. The first-order valence-corrected chi connectivity index (χ1v) is 7.99. The Bertz CT molecular complexity index is 825. The van der Waals surface area contributed by atoms with Crippen molar-refractivity contribution in [1.29, 1.82) is 0 Å². The summed E-state index contributed by atoms with van der Waals surface area (Å²) < 4.78 is 61.5. The minimum atomic E-state index is -4.68. The third kappa shape index (κ3) is 3.68. The van der Waals surface area contributed by atoms with Gasteiger partial charge in [-0.2, -0.15) is 8.42 Å². The summed E-state index contributed by atoms with van der Waals surface area (Å²) in [4.78, 5) is -1.14. The summed E-state index contributed by atoms with van der Waals surface area (Å²) in [6.07, 6.45) is 3.57. The lowest BCUT2D eigenvalue weighted by Crippen LogP contribution is -2.14. The lowest BCUT2D eigenvalue weighted by Gasteiger charge is -2.12. The van der Waals surface area contributed by atoms with Crippen molar-refractivity contribution in [1.82, 2.24) is 0 Å². The molecular formula is C16H14F2O4S. The summed E-state index contributed by atoms with van der Waals surface area (Å²) in [7, 11) is -3.35. The van der Waals surface area contributed by atoms with Crippen LogP contribution in [0.1, 0.15) is 12.5 Å². The minimum absolute atomic E-state index is 0.126. The van der Waals surface area contributed by atoms with Crippen LogP contribution < -0.4 is 8.92 Å². The third-order valence-electron chi connectivity index (χ3n) is 2.92. The Balaban J connectivity index is 2.45. The highest BCUT2D eigenvalue weighted by molar-refractivity contribution is 7.87. The smallest absolute Gasteiger partial charge is 0.345 e. The van der Waals surface area contributed by atoms with Crippen molar-refractivity contribution < 1.29 is 26.1 Å². The molecule has 0 amide bonds. The van der Waals surface area contributed by atoms with Crippen LogP contribution in [0.3, 0.4) is 0 Å². The predicted molar refractivity (Wildman–Crippen MR) is 81.9 cm³/mol. The Hall–Kier alpha value is -2.41. The van der Waals surface area contributed by atoms with Gasteiger partial charge in [-0.25, -0.2) is 8.78 Å². The van der Waals surface area contributed by atoms with Crippen LogP contribution in [0.25, 0.3) is 6.08 Å². The van der Waals surface area contributed by atoms with Crippen molar-refractivity contribution in [2.24, 2.45) is 0 Å². The normalized spacial score (nSPS) is 11.7. The van der Waals surface area contributed by atoms with Gasteiger partial charge in [0.05, 0.1) is 7.11 Å². The number of halogens is 2. The monoisotopic (exact) mass is 340 g/mol. The van der Waals surface area contributed by atoms with E-state index in [1.54, 1.807) is 24.3 Å². The van der Waals surface area contributed by atoms with E-state index in [1.165, 1.54) is 13.2 Å². The third-order valence-corrected chi connectivity index (χ3v) is 4.20. The van der Waals surface area contributed by atoms with Gasteiger partial charge in [-0.3, -0.25) is 0 Å². The molecule has 2 aromatic rings. The fraction of sp³-hybridized carbons (Fsp3) is 0.125. The Labute approximate surface area is 133 Å². The van der Waals surface area contributed by atoms with Gasteiger partial charge in [0.25, 0.3) is 0 Å². The van der Waals surface area contributed by atoms with Gasteiger partial charge in [-0.05, 0) is 36.8 Å². The first kappa shape index (κ1) is 17.0. The molecule has 2 aromatic carbocycles. The van der Waals surface area contributed by atoms with E-state index in [2.05, 4.69) is 0 Å². The summed E-state index contributed by atoms with van der Waals surface area (Å²) in [5.74, 6) is -2.49. The van der Waals surface area contributed by atoms with Gasteiger partial charge in [-0.1, -0.05) is 24.3 Å². The second-order valence-corrected chi connectivity index (χ2v) is 5.98. The molecule has 0 spiro atoms. The zero-order valence-corrected chi connectivity index (χ0v) is 13.2. The van der Waals surface area contributed by atoms with Crippen LogP contribution in [0.15, 0.2) is 47.4 Å². The molecule has 0 heterocycles. The summed E-state index contributed by atoms with van der Waals surface area (Å²) in [5, 5.41) is 0. The van der Waals surface area contributed by atoms with Crippen LogP contribution in [0.2, 0.25) is 0 Å². The van der Waals surface area contributed by atoms with Gasteiger partial charge in [0.15, 0.2) is 16.4 Å². The Kier molecular flexibility index (Phi) is 5.00. The number of ether oxygens (including phenoxy) is 1. The molecule has 0 bridgehead atoms. The Morgan fingerprint density at radius 1 is 1.04 bits per heavy atom. The first-order valence-electron chi connectivity index (χ1n) is 6.58. The molecule has 0 radical (unpaired) electrons. The quantitative estimate of drug-likeness (QED) is 0.778. The Morgan fingerprint density at radius 2 is 1.70 bits per heavy atom. The van der Waals surface area contributed by atoms with Crippen molar-refractivity contribution in [3.63, 3.8) is 0 Å². The number of rotatable bonds is 5. The van der Waals surface area contributed by atoms with E-state index in [1.807, 2.05) is 6.92 Å². The molecule has 0 N–H and O–H groups in total. The maximum atomic E-state index is 13.7. The second-order valence-electron chi connectivity index (χ2n) is 4.50. The lowest BCUT2D eigenvalue weighted by atomic mass is 10.2. The number of hydrogen-bond acceptors (Lipinski definition) is 4. The van der Waals surface area contributed by atoms with E-state index in [0.29, 0.717) is 0 Å². The van der Waals surface area contributed by atoms with Crippen molar-refractivity contribution in [3.05, 3.63) is 59.7 Å². The molecule has 0 unspecified atom stereocenters. The van der Waals surface area contributed by atoms with E-state index < -0.39 is 26.6 Å². The lowest BCUT2D eigenvalue weighted by molar-refractivity contribution is 0.388. The van der Waals surface area contributed by atoms with Gasteiger partial charge in [0, 0.05) is 0 Å². The van der Waals surface area contributed by atoms with E-state index in [0.717, 1.165) is 23.8 Å². The number of benzene rings is 2. The molecule has 0 fully saturated rings. The molecule has 0 aliphatic carbocycles. The van der Waals surface area contributed by atoms with Crippen LogP contribution >= 0.6 is 0 Å². The second kappa shape index (κ2) is 6.78. The zero-order valence-electron chi connectivity index (χ0n) is 12.4. The van der Waals surface area contributed by atoms with Crippen molar-refractivity contribution in [2.45, 2.75) is 11.8 Å². The molecule has 0 saturated carbocycles. The number of allylic oxidation sites excluding steroid dienone is 1. The number of hydrogen-bond donors (Lipinski definition) is 0. The molecule has 0 aliphatic rings. The highest BCUT2D eigenvalue weighted by Crippen LogP contribution is 2.32. The summed E-state index contributed by atoms with van der Waals surface area (Å²) >= 11 is 0. The standard InChI is InChI=1S/C16H14F2O4S/c1-3-5-11-8-9-14(15(10-11)21-2)22-23(19,20)16-12(17)6-4-7-13(16)18/h3-10H,1-2H3/b5-3+. The fourth-order valence-corrected chi connectivity index (χ4v) is 3.00. The van der Waals surface area contributed by atoms with Gasteiger partial charge in [0.2, 0.25) is 0 Å². The highest BCUT2D eigenvalue weighted by atomic mass is 32.2. The highest BCUT2D eigenvalue weighted by Gasteiger charge is 2.27. The van der Waals surface area contributed by atoms with Gasteiger partial charge >= 0.3 is 10.1 Å². The Morgan fingerprint density at radius 3 is 2.26 bits per heavy atom. The summed E-state index contributed by atoms with van der Waals surface area (Å²) in [6, 6.07) is 7.23. The molecule has 0 aliphatic heterocycles. The van der Waals surface area contributed by atoms with Crippen LogP contribution in [-0.2, 0) is 10.1 Å². The van der Waals surface area contributed by atoms with Gasteiger partial charge < -0.3 is 8.92 Å². The SMILES string of the molecule is C/C=C/c1ccc(OS(=O)(=O)c2c(F)cccc2F)c(OC)c1. The molecule has 2 rings (SSSR count). The molecule has 0 atom stereocenters. The van der Waals surface area contributed by atoms with E-state index in [-0.39, 0.29) is 11.5 Å².